The van der Waals surface area contributed by atoms with Crippen LogP contribution < -0.4 is 5.73 Å². The second-order valence-corrected chi connectivity index (χ2v) is 7.74. The van der Waals surface area contributed by atoms with Crippen molar-refractivity contribution in [1.29, 1.82) is 0 Å². The molecule has 0 aliphatic heterocycles. The van der Waals surface area contributed by atoms with Crippen molar-refractivity contribution in [3.05, 3.63) is 88.9 Å². The zero-order valence-corrected chi connectivity index (χ0v) is 18.2. The molecule has 0 aliphatic rings. The fraction of sp³-hybridized carbons (Fsp3) is 0.231. The van der Waals surface area contributed by atoms with E-state index in [0.29, 0.717) is 42.0 Å². The molecule has 0 atom stereocenters. The minimum Gasteiger partial charge on any atom is -0.478 e. The minimum absolute atomic E-state index is 0.0841. The van der Waals surface area contributed by atoms with E-state index in [4.69, 9.17) is 10.5 Å². The summed E-state index contributed by atoms with van der Waals surface area (Å²) in [5.41, 5.74) is 9.34. The van der Waals surface area contributed by atoms with Gasteiger partial charge in [0.25, 0.3) is 0 Å². The van der Waals surface area contributed by atoms with Crippen molar-refractivity contribution in [1.82, 2.24) is 4.98 Å². The molecule has 166 valence electrons. The summed E-state index contributed by atoms with van der Waals surface area (Å²) in [5, 5.41) is 9.98. The predicted octanol–water partition coefficient (Wildman–Crippen LogP) is 5.91. The number of halogens is 1. The molecule has 1 heterocycles. The Hall–Kier alpha value is -3.51. The number of hydrogen-bond donors (Lipinski definition) is 2. The normalized spacial score (nSPS) is 11.4. The highest BCUT2D eigenvalue weighted by Gasteiger charge is 2.24. The van der Waals surface area contributed by atoms with E-state index >= 15 is 0 Å². The predicted molar refractivity (Wildman–Crippen MR) is 125 cm³/mol. The van der Waals surface area contributed by atoms with Gasteiger partial charge in [0.2, 0.25) is 0 Å². The number of nitrogens with two attached hydrogens (primary N) is 1. The molecule has 0 amide bonds. The molecule has 0 spiro atoms. The summed E-state index contributed by atoms with van der Waals surface area (Å²) in [5.74, 6) is -1.41. The van der Waals surface area contributed by atoms with Crippen molar-refractivity contribution >= 4 is 17.9 Å². The van der Waals surface area contributed by atoms with Crippen LogP contribution in [0.15, 0.2) is 60.7 Å². The Labute approximate surface area is 187 Å². The van der Waals surface area contributed by atoms with E-state index in [1.165, 1.54) is 12.1 Å². The Balaban J connectivity index is 1.90. The highest BCUT2D eigenvalue weighted by atomic mass is 19.1. The van der Waals surface area contributed by atoms with Crippen molar-refractivity contribution in [3.63, 3.8) is 0 Å². The molecule has 3 rings (SSSR count). The number of carboxylic acids is 1. The van der Waals surface area contributed by atoms with Crippen molar-refractivity contribution in [2.24, 2.45) is 0 Å². The van der Waals surface area contributed by atoms with Gasteiger partial charge in [-0.25, -0.2) is 14.2 Å². The second-order valence-electron chi connectivity index (χ2n) is 7.74. The van der Waals surface area contributed by atoms with Crippen LogP contribution in [0, 0.1) is 5.82 Å². The molecule has 6 heteroatoms. The number of carboxylic acid groups (broad SMARTS) is 1. The highest BCUT2D eigenvalue weighted by Crippen LogP contribution is 2.36. The van der Waals surface area contributed by atoms with Crippen molar-refractivity contribution in [2.75, 3.05) is 12.3 Å². The first-order valence-electron chi connectivity index (χ1n) is 10.5. The number of anilines is 1. The Bertz CT molecular complexity index is 1090. The van der Waals surface area contributed by atoms with Gasteiger partial charge in [-0.15, -0.1) is 0 Å². The number of aromatic nitrogens is 1. The summed E-state index contributed by atoms with van der Waals surface area (Å²) in [6.07, 6.45) is 4.26. The maximum absolute atomic E-state index is 13.5. The van der Waals surface area contributed by atoms with Crippen LogP contribution in [0.3, 0.4) is 0 Å². The lowest BCUT2D eigenvalue weighted by molar-refractivity contribution is 0.0695. The Morgan fingerprint density at radius 1 is 1.16 bits per heavy atom. The zero-order chi connectivity index (χ0) is 23.1. The molecular weight excluding hydrogens is 407 g/mol. The van der Waals surface area contributed by atoms with Gasteiger partial charge < -0.3 is 15.6 Å². The van der Waals surface area contributed by atoms with E-state index in [-0.39, 0.29) is 17.3 Å². The van der Waals surface area contributed by atoms with Crippen LogP contribution in [0.25, 0.3) is 17.2 Å². The molecule has 0 aliphatic carbocycles. The third-order valence-electron chi connectivity index (χ3n) is 5.01. The van der Waals surface area contributed by atoms with Gasteiger partial charge >= 0.3 is 5.97 Å². The number of hydrogen-bond acceptors (Lipinski definition) is 4. The number of rotatable bonds is 9. The first-order chi connectivity index (χ1) is 15.4. The minimum atomic E-state index is -1.10. The molecule has 0 bridgehead atoms. The smallest absolute Gasteiger partial charge is 0.338 e. The maximum Gasteiger partial charge on any atom is 0.338 e. The summed E-state index contributed by atoms with van der Waals surface area (Å²) in [7, 11) is 0. The standard InChI is InChI=1S/C26H27FN2O3/c1-17(2)24-23(26(30)31)22(19-11-13-20(27)14-12-19)21(25(28)29-24)10-6-7-15-32-16-18-8-4-3-5-9-18/h3-6,8-14,17H,7,15-16H2,1-2H3,(H2,28,29)(H,30,31)/b10-6+. The zero-order valence-electron chi connectivity index (χ0n) is 18.2. The Morgan fingerprint density at radius 3 is 2.47 bits per heavy atom. The van der Waals surface area contributed by atoms with Crippen LogP contribution in [0.2, 0.25) is 0 Å². The van der Waals surface area contributed by atoms with Gasteiger partial charge in [-0.1, -0.05) is 68.5 Å². The number of aromatic carboxylic acids is 1. The molecule has 1 aromatic heterocycles. The van der Waals surface area contributed by atoms with Crippen molar-refractivity contribution in [3.8, 4) is 11.1 Å². The van der Waals surface area contributed by atoms with Gasteiger partial charge in [0, 0.05) is 11.1 Å². The number of ether oxygens (including phenoxy) is 1. The molecule has 0 saturated carbocycles. The van der Waals surface area contributed by atoms with Gasteiger partial charge in [0.15, 0.2) is 0 Å². The fourth-order valence-corrected chi connectivity index (χ4v) is 3.47. The summed E-state index contributed by atoms with van der Waals surface area (Å²) < 4.78 is 19.2. The van der Waals surface area contributed by atoms with Crippen LogP contribution >= 0.6 is 0 Å². The summed E-state index contributed by atoms with van der Waals surface area (Å²) in [6, 6.07) is 15.6. The second kappa shape index (κ2) is 10.7. The third-order valence-corrected chi connectivity index (χ3v) is 5.01. The van der Waals surface area contributed by atoms with E-state index in [0.717, 1.165) is 5.56 Å². The molecule has 2 aromatic carbocycles. The number of carbonyl (C=O) groups is 1. The lowest BCUT2D eigenvalue weighted by atomic mass is 9.90. The molecule has 5 nitrogen and oxygen atoms in total. The van der Waals surface area contributed by atoms with E-state index in [1.54, 1.807) is 18.2 Å². The summed E-state index contributed by atoms with van der Waals surface area (Å²) >= 11 is 0. The van der Waals surface area contributed by atoms with Crippen LogP contribution in [-0.2, 0) is 11.3 Å². The van der Waals surface area contributed by atoms with Gasteiger partial charge in [0.1, 0.15) is 11.6 Å². The fourth-order valence-electron chi connectivity index (χ4n) is 3.47. The summed E-state index contributed by atoms with van der Waals surface area (Å²) in [6.45, 7) is 4.75. The topological polar surface area (TPSA) is 85.4 Å². The third kappa shape index (κ3) is 5.59. The number of benzene rings is 2. The molecule has 3 aromatic rings. The first-order valence-corrected chi connectivity index (χ1v) is 10.5. The van der Waals surface area contributed by atoms with Gasteiger partial charge in [-0.3, -0.25) is 0 Å². The lowest BCUT2D eigenvalue weighted by Gasteiger charge is -2.18. The van der Waals surface area contributed by atoms with Gasteiger partial charge in [-0.05, 0) is 35.6 Å². The number of pyridine rings is 1. The van der Waals surface area contributed by atoms with E-state index in [1.807, 2.05) is 50.3 Å². The Kier molecular flexibility index (Phi) is 7.73. The van der Waals surface area contributed by atoms with Crippen molar-refractivity contribution < 1.29 is 19.0 Å². The first kappa shape index (κ1) is 23.2. The molecule has 3 N–H and O–H groups in total. The molecule has 0 radical (unpaired) electrons. The lowest BCUT2D eigenvalue weighted by Crippen LogP contribution is -2.13. The molecule has 32 heavy (non-hydrogen) atoms. The van der Waals surface area contributed by atoms with E-state index < -0.39 is 11.8 Å². The number of nitrogen functional groups attached to an aromatic ring is 1. The SMILES string of the molecule is CC(C)c1nc(N)c(/C=C/CCOCc2ccccc2)c(-c2ccc(F)cc2)c1C(=O)O. The van der Waals surface area contributed by atoms with E-state index in [2.05, 4.69) is 4.98 Å². The van der Waals surface area contributed by atoms with Crippen LogP contribution in [0.5, 0.6) is 0 Å². The van der Waals surface area contributed by atoms with Gasteiger partial charge in [-0.2, -0.15) is 0 Å². The molecule has 0 saturated heterocycles. The molecule has 0 fully saturated rings. The average Bonchev–Trinajstić information content (AvgIpc) is 2.77. The van der Waals surface area contributed by atoms with Crippen molar-refractivity contribution in [2.45, 2.75) is 32.8 Å². The van der Waals surface area contributed by atoms with E-state index in [9.17, 15) is 14.3 Å². The van der Waals surface area contributed by atoms with Crippen LogP contribution in [-0.4, -0.2) is 22.7 Å². The molecule has 0 unspecified atom stereocenters. The van der Waals surface area contributed by atoms with Gasteiger partial charge in [0.05, 0.1) is 24.5 Å². The molecular formula is C26H27FN2O3. The quantitative estimate of drug-likeness (QED) is 0.409. The summed E-state index contributed by atoms with van der Waals surface area (Å²) in [4.78, 5) is 16.6. The Morgan fingerprint density at radius 2 is 1.84 bits per heavy atom. The van der Waals surface area contributed by atoms with Crippen LogP contribution in [0.1, 0.15) is 53.4 Å². The average molecular weight is 435 g/mol. The monoisotopic (exact) mass is 434 g/mol. The largest absolute Gasteiger partial charge is 0.478 e. The maximum atomic E-state index is 13.5. The highest BCUT2D eigenvalue weighted by molar-refractivity contribution is 6.01. The van der Waals surface area contributed by atoms with Crippen LogP contribution in [0.4, 0.5) is 10.2 Å². The number of nitrogens with zero attached hydrogens (tertiary/aromatic N) is 1.